The van der Waals surface area contributed by atoms with Crippen LogP contribution >= 0.6 is 0 Å². The average molecular weight is 1030 g/mol. The van der Waals surface area contributed by atoms with E-state index in [1.807, 2.05) is 48.7 Å². The maximum Gasteiger partial charge on any atom is 0 e. The van der Waals surface area contributed by atoms with Crippen LogP contribution in [0.4, 0.5) is 5.69 Å². The van der Waals surface area contributed by atoms with Crippen molar-refractivity contribution < 1.29 is 24.5 Å². The molecule has 0 fully saturated rings. The fourth-order valence-electron chi connectivity index (χ4n) is 8.21. The van der Waals surface area contributed by atoms with E-state index in [0.29, 0.717) is 0 Å². The Balaban J connectivity index is 0.000000255. The largest absolute Gasteiger partial charge is 0 e. The third-order valence-electron chi connectivity index (χ3n) is 11.5. The summed E-state index contributed by atoms with van der Waals surface area (Å²) in [4.78, 5) is 9.90. The molecule has 1 radical (unpaired) electrons. The quantitative estimate of drug-likeness (QED) is 0.123. The van der Waals surface area contributed by atoms with Gasteiger partial charge in [0.2, 0.25) is 0 Å². The van der Waals surface area contributed by atoms with E-state index in [1.165, 1.54) is 43.3 Å². The molecule has 0 saturated heterocycles. The van der Waals surface area contributed by atoms with Crippen molar-refractivity contribution in [3.05, 3.63) is 210 Å². The molecule has 0 aliphatic carbocycles. The number of benzene rings is 7. The summed E-state index contributed by atoms with van der Waals surface area (Å²) < 4.78 is 8.00. The molecule has 3 heterocycles. The smallest absolute Gasteiger partial charge is 0 e. The van der Waals surface area contributed by atoms with Crippen LogP contribution in [0.2, 0.25) is 17.3 Å². The van der Waals surface area contributed by atoms with Crippen LogP contribution in [0.5, 0.6) is 0 Å². The summed E-state index contributed by atoms with van der Waals surface area (Å²) in [6.07, 6.45) is 2.04. The first kappa shape index (κ1) is 42.1. The summed E-state index contributed by atoms with van der Waals surface area (Å²) >= 11 is -1.72. The second kappa shape index (κ2) is 17.4. The number of nitrogens with zero attached hydrogens (tertiary/aromatic N) is 2. The molecule has 2 aromatic heterocycles. The van der Waals surface area contributed by atoms with Crippen LogP contribution in [-0.2, 0) is 25.5 Å². The van der Waals surface area contributed by atoms with Gasteiger partial charge in [-0.2, -0.15) is 0 Å². The summed E-state index contributed by atoms with van der Waals surface area (Å²) in [5.41, 5.74) is 15.2. The van der Waals surface area contributed by atoms with Gasteiger partial charge in [0.25, 0.3) is 0 Å². The fraction of sp³-hybridized carbons (Fsp3) is 0.143. The van der Waals surface area contributed by atoms with E-state index in [-0.39, 0.29) is 31.4 Å². The minimum absolute atomic E-state index is 0. The maximum absolute atomic E-state index is 6.56. The molecule has 0 N–H and O–H groups in total. The molecule has 5 heteroatoms. The van der Waals surface area contributed by atoms with Crippen molar-refractivity contribution in [1.29, 1.82) is 0 Å². The van der Waals surface area contributed by atoms with Crippen LogP contribution in [-0.4, -0.2) is 24.0 Å². The number of hydrogen-bond donors (Lipinski definition) is 0. The fourth-order valence-corrected chi connectivity index (χ4v) is 10.4. The molecular weight excluding hydrogens is 981 g/mol. The number of hydrogen-bond acceptors (Lipinski definition) is 3. The number of pyridine rings is 1. The van der Waals surface area contributed by atoms with E-state index in [4.69, 9.17) is 9.41 Å². The molecule has 1 atom stereocenters. The summed E-state index contributed by atoms with van der Waals surface area (Å²) in [5, 5.41) is 2.19. The Morgan fingerprint density at radius 3 is 1.89 bits per heavy atom. The minimum Gasteiger partial charge on any atom is 0 e. The van der Waals surface area contributed by atoms with Gasteiger partial charge in [0.15, 0.2) is 0 Å². The molecule has 0 spiro atoms. The van der Waals surface area contributed by atoms with Gasteiger partial charge in [-0.25, -0.2) is 0 Å². The zero-order chi connectivity index (χ0) is 41.4. The van der Waals surface area contributed by atoms with Gasteiger partial charge in [-0.05, 0) is 62.2 Å². The van der Waals surface area contributed by atoms with Crippen LogP contribution in [0.1, 0.15) is 48.9 Å². The van der Waals surface area contributed by atoms with Gasteiger partial charge in [-0.3, -0.25) is 4.99 Å². The Morgan fingerprint density at radius 1 is 0.623 bits per heavy atom. The molecule has 0 amide bonds. The zero-order valence-electron chi connectivity index (χ0n) is 35.5. The molecule has 303 valence electrons. The molecule has 10 rings (SSSR count). The topological polar surface area (TPSA) is 38.4 Å². The summed E-state index contributed by atoms with van der Waals surface area (Å²) in [5.74, 6) is 7.02. The van der Waals surface area contributed by atoms with Crippen LogP contribution in [0.15, 0.2) is 185 Å². The van der Waals surface area contributed by atoms with E-state index in [2.05, 4.69) is 183 Å². The molecule has 1 aliphatic rings. The van der Waals surface area contributed by atoms with Crippen molar-refractivity contribution in [2.24, 2.45) is 4.99 Å². The normalized spacial score (nSPS) is 13.5. The van der Waals surface area contributed by atoms with Gasteiger partial charge in [0.1, 0.15) is 5.58 Å². The van der Waals surface area contributed by atoms with E-state index < -0.39 is 13.3 Å². The van der Waals surface area contributed by atoms with Crippen molar-refractivity contribution in [3.8, 4) is 33.5 Å². The zero-order valence-corrected chi connectivity index (χ0v) is 39.9. The SMILES string of the molecule is CC(C)(C)c1cc(-c2ccccc2)c(C2C(c3[c-]ccc4c3oc3ccccc34)=Nc3ccccc32)c(-c2ccccc2)c1.[CH3][Ge]([CH3])([CH3])[c]1ccc(-c2[c-]cccc2)nc1.[Ir]. The minimum atomic E-state index is -1.72. The van der Waals surface area contributed by atoms with E-state index >= 15 is 0 Å². The van der Waals surface area contributed by atoms with E-state index in [9.17, 15) is 0 Å². The number of furan rings is 1. The number of aliphatic imine (C=N–C) groups is 1. The molecule has 0 saturated carbocycles. The molecule has 61 heavy (non-hydrogen) atoms. The predicted molar refractivity (Wildman–Crippen MR) is 255 cm³/mol. The second-order valence-corrected chi connectivity index (χ2v) is 28.3. The van der Waals surface area contributed by atoms with Gasteiger partial charge >= 0.3 is 99.8 Å². The number of aromatic nitrogens is 1. The summed E-state index contributed by atoms with van der Waals surface area (Å²) in [7, 11) is 0. The Kier molecular flexibility index (Phi) is 12.0. The van der Waals surface area contributed by atoms with Gasteiger partial charge in [0, 0.05) is 31.4 Å². The first-order valence-corrected chi connectivity index (χ1v) is 28.1. The molecule has 9 aromatic rings. The van der Waals surface area contributed by atoms with Gasteiger partial charge in [-0.15, -0.1) is 18.2 Å². The third kappa shape index (κ3) is 8.50. The van der Waals surface area contributed by atoms with Crippen molar-refractivity contribution in [2.45, 2.75) is 49.4 Å². The third-order valence-corrected chi connectivity index (χ3v) is 15.7. The molecule has 0 bridgehead atoms. The van der Waals surface area contributed by atoms with Crippen LogP contribution in [0.25, 0.3) is 55.4 Å². The van der Waals surface area contributed by atoms with Crippen LogP contribution in [0, 0.1) is 12.1 Å². The molecular formula is C56H48GeIrN2O-2. The van der Waals surface area contributed by atoms with E-state index in [1.54, 1.807) is 0 Å². The van der Waals surface area contributed by atoms with Crippen LogP contribution < -0.4 is 4.40 Å². The Labute approximate surface area is 376 Å². The maximum atomic E-state index is 6.56. The summed E-state index contributed by atoms with van der Waals surface area (Å²) in [6.45, 7) is 6.88. The van der Waals surface area contributed by atoms with Gasteiger partial charge in [0.05, 0.1) is 11.3 Å². The van der Waals surface area contributed by atoms with Crippen molar-refractivity contribution >= 4 is 51.0 Å². The molecule has 1 aliphatic heterocycles. The van der Waals surface area contributed by atoms with Crippen LogP contribution in [0.3, 0.4) is 0 Å². The summed E-state index contributed by atoms with van der Waals surface area (Å²) in [6, 6.07) is 66.4. The van der Waals surface area contributed by atoms with Crippen molar-refractivity contribution in [3.63, 3.8) is 0 Å². The Hall–Kier alpha value is -5.65. The van der Waals surface area contributed by atoms with Crippen molar-refractivity contribution in [1.82, 2.24) is 4.98 Å². The monoisotopic (exact) mass is 1030 g/mol. The number of para-hydroxylation sites is 2. The van der Waals surface area contributed by atoms with E-state index in [0.717, 1.165) is 50.2 Å². The van der Waals surface area contributed by atoms with Gasteiger partial charge < -0.3 is 4.42 Å². The first-order chi connectivity index (χ1) is 29.0. The van der Waals surface area contributed by atoms with Crippen molar-refractivity contribution in [2.75, 3.05) is 0 Å². The predicted octanol–water partition coefficient (Wildman–Crippen LogP) is 14.4. The number of fused-ring (bicyclic) bond motifs is 4. The Morgan fingerprint density at radius 2 is 1.26 bits per heavy atom. The second-order valence-electron chi connectivity index (χ2n) is 17.6. The van der Waals surface area contributed by atoms with Gasteiger partial charge in [-0.1, -0.05) is 141 Å². The Bertz CT molecular complexity index is 2920. The molecule has 1 unspecified atom stereocenters. The molecule has 3 nitrogen and oxygen atoms in total. The molecule has 7 aromatic carbocycles. The standard InChI is InChI=1S/C42H32NO.C14H16GeN.Ir/c1-42(2,3)29-25-34(27-15-6-4-7-16-27)38(35(26-29)28-17-8-5-9-18-28)39-32-20-10-12-23-36(32)43-40(39)33-22-14-21-31-30-19-11-13-24-37(30)44-41(31)33;1-15(2,3)13-9-10-14(16-11-13)12-7-5-4-6-8-12;/h4-21,23-26,39H,1-3H3;4-7,9-11H,1-3H3;/q2*-1;. The average Bonchev–Trinajstić information content (AvgIpc) is 3.85. The number of rotatable bonds is 6. The first-order valence-electron chi connectivity index (χ1n) is 20.8.